The van der Waals surface area contributed by atoms with Crippen LogP contribution in [-0.4, -0.2) is 41.2 Å². The third-order valence-corrected chi connectivity index (χ3v) is 4.19. The Morgan fingerprint density at radius 3 is 2.24 bits per heavy atom. The molecule has 0 saturated carbocycles. The first-order valence-electron chi connectivity index (χ1n) is 7.65. The van der Waals surface area contributed by atoms with Crippen LogP contribution in [0.2, 0.25) is 0 Å². The molecule has 0 spiro atoms. The summed E-state index contributed by atoms with van der Waals surface area (Å²) < 4.78 is 0. The maximum Gasteiger partial charge on any atom is 0.277 e. The summed E-state index contributed by atoms with van der Waals surface area (Å²) in [7, 11) is 0. The number of benzene rings is 1. The van der Waals surface area contributed by atoms with Crippen molar-refractivity contribution in [1.29, 1.82) is 0 Å². The molecule has 1 fully saturated rings. The molecular weight excluding hydrogens is 264 g/mol. The number of carbonyl (C=O) groups is 2. The second-order valence-corrected chi connectivity index (χ2v) is 5.49. The van der Waals surface area contributed by atoms with Crippen molar-refractivity contribution in [2.45, 2.75) is 26.2 Å². The molecular formula is C17H20N2O2. The highest BCUT2D eigenvalue weighted by Gasteiger charge is 2.40. The fourth-order valence-corrected chi connectivity index (χ4v) is 3.13. The van der Waals surface area contributed by atoms with E-state index in [-0.39, 0.29) is 11.8 Å². The molecule has 0 atom stereocenters. The maximum atomic E-state index is 12.6. The lowest BCUT2D eigenvalue weighted by Gasteiger charge is -2.29. The molecule has 1 aromatic rings. The Labute approximate surface area is 125 Å². The summed E-state index contributed by atoms with van der Waals surface area (Å²) in [4.78, 5) is 28.7. The van der Waals surface area contributed by atoms with E-state index < -0.39 is 0 Å². The molecule has 0 aromatic heterocycles. The molecule has 1 saturated heterocycles. The summed E-state index contributed by atoms with van der Waals surface area (Å²) in [5.41, 5.74) is 2.02. The minimum absolute atomic E-state index is 0.136. The molecule has 1 aromatic carbocycles. The van der Waals surface area contributed by atoms with E-state index in [2.05, 4.69) is 4.90 Å². The van der Waals surface area contributed by atoms with Gasteiger partial charge in [-0.05, 0) is 31.7 Å². The van der Waals surface area contributed by atoms with Crippen LogP contribution in [0.5, 0.6) is 0 Å². The normalized spacial score (nSPS) is 19.7. The van der Waals surface area contributed by atoms with Gasteiger partial charge in [0.05, 0.1) is 5.57 Å². The molecule has 2 amide bonds. The van der Waals surface area contributed by atoms with Gasteiger partial charge in [0.1, 0.15) is 5.70 Å². The number of imide groups is 1. The van der Waals surface area contributed by atoms with Crippen LogP contribution in [-0.2, 0) is 9.59 Å². The molecule has 0 unspecified atom stereocenters. The van der Waals surface area contributed by atoms with Gasteiger partial charge < -0.3 is 4.90 Å². The highest BCUT2D eigenvalue weighted by molar-refractivity contribution is 6.35. The predicted octanol–water partition coefficient (Wildman–Crippen LogP) is 2.27. The molecule has 0 N–H and O–H groups in total. The Balaban J connectivity index is 2.08. The largest absolute Gasteiger partial charge is 0.366 e. The monoisotopic (exact) mass is 284 g/mol. The fraction of sp³-hybridized carbons (Fsp3) is 0.412. The Morgan fingerprint density at radius 2 is 1.62 bits per heavy atom. The van der Waals surface area contributed by atoms with Gasteiger partial charge in [0.2, 0.25) is 0 Å². The smallest absolute Gasteiger partial charge is 0.277 e. The van der Waals surface area contributed by atoms with E-state index in [0.717, 1.165) is 31.5 Å². The third-order valence-electron chi connectivity index (χ3n) is 4.19. The number of likely N-dealkylation sites (tertiary alicyclic amines) is 1. The molecule has 0 aliphatic carbocycles. The van der Waals surface area contributed by atoms with E-state index in [1.54, 1.807) is 0 Å². The number of amides is 2. The molecule has 110 valence electrons. The number of likely N-dealkylation sites (N-methyl/N-ethyl adjacent to an activating group) is 1. The predicted molar refractivity (Wildman–Crippen MR) is 81.2 cm³/mol. The highest BCUT2D eigenvalue weighted by atomic mass is 16.2. The molecule has 0 bridgehead atoms. The Kier molecular flexibility index (Phi) is 3.78. The summed E-state index contributed by atoms with van der Waals surface area (Å²) in [6.07, 6.45) is 3.36. The molecule has 4 nitrogen and oxygen atoms in total. The summed E-state index contributed by atoms with van der Waals surface area (Å²) in [5.74, 6) is -0.294. The number of rotatable bonds is 3. The van der Waals surface area contributed by atoms with Gasteiger partial charge in [-0.2, -0.15) is 0 Å². The van der Waals surface area contributed by atoms with Gasteiger partial charge in [0.15, 0.2) is 0 Å². The summed E-state index contributed by atoms with van der Waals surface area (Å²) in [6.45, 7) is 3.99. The van der Waals surface area contributed by atoms with Gasteiger partial charge in [-0.1, -0.05) is 30.3 Å². The average Bonchev–Trinajstić information content (AvgIpc) is 2.79. The van der Waals surface area contributed by atoms with Gasteiger partial charge in [-0.3, -0.25) is 14.5 Å². The van der Waals surface area contributed by atoms with E-state index in [4.69, 9.17) is 0 Å². The highest BCUT2D eigenvalue weighted by Crippen LogP contribution is 2.32. The molecule has 3 rings (SSSR count). The van der Waals surface area contributed by atoms with Gasteiger partial charge in [0, 0.05) is 19.6 Å². The zero-order valence-corrected chi connectivity index (χ0v) is 12.3. The number of hydrogen-bond acceptors (Lipinski definition) is 3. The Bertz CT molecular complexity index is 586. The second kappa shape index (κ2) is 5.72. The SMILES string of the molecule is CCN1C(=O)C(c2ccccc2)=C(N2CCCCC2)C1=O. The Hall–Kier alpha value is -2.10. The van der Waals surface area contributed by atoms with Crippen molar-refractivity contribution in [3.05, 3.63) is 41.6 Å². The van der Waals surface area contributed by atoms with Crippen molar-refractivity contribution in [2.24, 2.45) is 0 Å². The molecule has 0 radical (unpaired) electrons. The zero-order chi connectivity index (χ0) is 14.8. The van der Waals surface area contributed by atoms with Gasteiger partial charge in [0.25, 0.3) is 11.8 Å². The topological polar surface area (TPSA) is 40.6 Å². The van der Waals surface area contributed by atoms with Crippen LogP contribution in [0.15, 0.2) is 36.0 Å². The van der Waals surface area contributed by atoms with Gasteiger partial charge in [-0.25, -0.2) is 0 Å². The minimum atomic E-state index is -0.158. The molecule has 2 aliphatic heterocycles. The summed E-state index contributed by atoms with van der Waals surface area (Å²) in [6, 6.07) is 9.54. The van der Waals surface area contributed by atoms with Crippen molar-refractivity contribution in [2.75, 3.05) is 19.6 Å². The lowest BCUT2D eigenvalue weighted by Crippen LogP contribution is -2.37. The van der Waals surface area contributed by atoms with Crippen LogP contribution >= 0.6 is 0 Å². The standard InChI is InChI=1S/C17H20N2O2/c1-2-19-16(20)14(13-9-5-3-6-10-13)15(17(19)21)18-11-7-4-8-12-18/h3,5-6,9-10H,2,4,7-8,11-12H2,1H3. The first-order chi connectivity index (χ1) is 10.2. The van der Waals surface area contributed by atoms with Crippen LogP contribution in [0.1, 0.15) is 31.7 Å². The summed E-state index contributed by atoms with van der Waals surface area (Å²) in [5, 5.41) is 0. The number of carbonyl (C=O) groups excluding carboxylic acids is 2. The maximum absolute atomic E-state index is 12.6. The van der Waals surface area contributed by atoms with Crippen LogP contribution < -0.4 is 0 Å². The molecule has 2 heterocycles. The van der Waals surface area contributed by atoms with Crippen molar-refractivity contribution in [1.82, 2.24) is 9.80 Å². The molecule has 21 heavy (non-hydrogen) atoms. The van der Waals surface area contributed by atoms with Gasteiger partial charge in [-0.15, -0.1) is 0 Å². The zero-order valence-electron chi connectivity index (χ0n) is 12.3. The van der Waals surface area contributed by atoms with E-state index in [1.165, 1.54) is 11.3 Å². The van der Waals surface area contributed by atoms with Crippen LogP contribution in [0.25, 0.3) is 5.57 Å². The Morgan fingerprint density at radius 1 is 0.952 bits per heavy atom. The van der Waals surface area contributed by atoms with Crippen molar-refractivity contribution >= 4 is 17.4 Å². The summed E-state index contributed by atoms with van der Waals surface area (Å²) >= 11 is 0. The van der Waals surface area contributed by atoms with E-state index in [9.17, 15) is 9.59 Å². The first-order valence-corrected chi connectivity index (χ1v) is 7.65. The third kappa shape index (κ3) is 2.35. The van der Waals surface area contributed by atoms with E-state index in [1.807, 2.05) is 37.3 Å². The van der Waals surface area contributed by atoms with Gasteiger partial charge >= 0.3 is 0 Å². The number of nitrogens with zero attached hydrogens (tertiary/aromatic N) is 2. The first kappa shape index (κ1) is 13.9. The second-order valence-electron chi connectivity index (χ2n) is 5.49. The van der Waals surface area contributed by atoms with Crippen molar-refractivity contribution in [3.63, 3.8) is 0 Å². The number of hydrogen-bond donors (Lipinski definition) is 0. The molecule has 2 aliphatic rings. The molecule has 4 heteroatoms. The quantitative estimate of drug-likeness (QED) is 0.800. The average molecular weight is 284 g/mol. The number of piperidine rings is 1. The van der Waals surface area contributed by atoms with E-state index >= 15 is 0 Å². The lowest BCUT2D eigenvalue weighted by molar-refractivity contribution is -0.137. The van der Waals surface area contributed by atoms with E-state index in [0.29, 0.717) is 17.8 Å². The van der Waals surface area contributed by atoms with Crippen molar-refractivity contribution in [3.8, 4) is 0 Å². The van der Waals surface area contributed by atoms with Crippen molar-refractivity contribution < 1.29 is 9.59 Å². The van der Waals surface area contributed by atoms with Crippen LogP contribution in [0.4, 0.5) is 0 Å². The van der Waals surface area contributed by atoms with Crippen LogP contribution in [0.3, 0.4) is 0 Å². The minimum Gasteiger partial charge on any atom is -0.366 e. The lowest BCUT2D eigenvalue weighted by atomic mass is 10.0. The fourth-order valence-electron chi connectivity index (χ4n) is 3.13. The van der Waals surface area contributed by atoms with Crippen LogP contribution in [0, 0.1) is 0 Å².